The van der Waals surface area contributed by atoms with Gasteiger partial charge in [-0.25, -0.2) is 9.67 Å². The van der Waals surface area contributed by atoms with Gasteiger partial charge in [0.1, 0.15) is 0 Å². The minimum atomic E-state index is 0.00508. The Kier molecular flexibility index (Phi) is 4.39. The zero-order valence-corrected chi connectivity index (χ0v) is 17.5. The van der Waals surface area contributed by atoms with Crippen molar-refractivity contribution in [1.82, 2.24) is 14.8 Å². The van der Waals surface area contributed by atoms with E-state index in [0.717, 1.165) is 40.0 Å². The molecule has 2 aromatic heterocycles. The minimum Gasteiger partial charge on any atom is -0.308 e. The van der Waals surface area contributed by atoms with Crippen molar-refractivity contribution in [3.05, 3.63) is 77.5 Å². The molecule has 5 nitrogen and oxygen atoms in total. The third-order valence-corrected chi connectivity index (χ3v) is 5.84. The van der Waals surface area contributed by atoms with Gasteiger partial charge in [0.2, 0.25) is 0 Å². The van der Waals surface area contributed by atoms with Gasteiger partial charge in [-0.2, -0.15) is 5.10 Å². The molecule has 0 spiro atoms. The van der Waals surface area contributed by atoms with E-state index in [1.54, 1.807) is 6.20 Å². The summed E-state index contributed by atoms with van der Waals surface area (Å²) in [6.07, 6.45) is 2.66. The van der Waals surface area contributed by atoms with Gasteiger partial charge < -0.3 is 4.90 Å². The number of benzene rings is 2. The van der Waals surface area contributed by atoms with E-state index in [0.29, 0.717) is 12.1 Å². The number of aromatic nitrogens is 3. The number of pyridine rings is 1. The quantitative estimate of drug-likeness (QED) is 0.479. The average Bonchev–Trinajstić information content (AvgIpc) is 3.37. The molecule has 4 aromatic rings. The van der Waals surface area contributed by atoms with Crippen LogP contribution < -0.4 is 4.90 Å². The summed E-state index contributed by atoms with van der Waals surface area (Å²) in [7, 11) is 0. The van der Waals surface area contributed by atoms with E-state index in [-0.39, 0.29) is 11.9 Å². The highest BCUT2D eigenvalue weighted by molar-refractivity contribution is 6.14. The summed E-state index contributed by atoms with van der Waals surface area (Å²) in [6.45, 7) is 6.92. The van der Waals surface area contributed by atoms with Crippen LogP contribution in [0.2, 0.25) is 0 Å². The summed E-state index contributed by atoms with van der Waals surface area (Å²) >= 11 is 0. The maximum Gasteiger partial charge on any atom is 0.259 e. The molecule has 2 aromatic carbocycles. The predicted molar refractivity (Wildman–Crippen MR) is 120 cm³/mol. The van der Waals surface area contributed by atoms with Crippen molar-refractivity contribution in [1.29, 1.82) is 0 Å². The van der Waals surface area contributed by atoms with E-state index in [4.69, 9.17) is 4.98 Å². The molecular formula is C25H24N4O. The highest BCUT2D eigenvalue weighted by Gasteiger charge is 2.28. The Bertz CT molecular complexity index is 1270. The van der Waals surface area contributed by atoms with Crippen LogP contribution in [0.15, 0.2) is 60.8 Å². The van der Waals surface area contributed by atoms with Gasteiger partial charge in [-0.15, -0.1) is 0 Å². The first-order valence-electron chi connectivity index (χ1n) is 10.4. The van der Waals surface area contributed by atoms with E-state index in [1.807, 2.05) is 46.0 Å². The van der Waals surface area contributed by atoms with Crippen LogP contribution in [0.4, 0.5) is 5.69 Å². The van der Waals surface area contributed by atoms with Crippen molar-refractivity contribution in [2.75, 3.05) is 11.4 Å². The number of carbonyl (C=O) groups is 1. The summed E-state index contributed by atoms with van der Waals surface area (Å²) in [5.74, 6) is 0.00508. The number of amides is 1. The fraction of sp³-hybridized carbons (Fsp3) is 0.240. The number of fused-ring (bicyclic) bond motifs is 2. The molecule has 1 aliphatic rings. The molecule has 0 atom stereocenters. The van der Waals surface area contributed by atoms with E-state index >= 15 is 0 Å². The number of carbonyl (C=O) groups excluding carboxylic acids is 1. The lowest BCUT2D eigenvalue weighted by Crippen LogP contribution is -2.29. The molecule has 0 radical (unpaired) electrons. The maximum absolute atomic E-state index is 13.7. The summed E-state index contributed by atoms with van der Waals surface area (Å²) < 4.78 is 1.89. The molecule has 3 heterocycles. The molecule has 30 heavy (non-hydrogen) atoms. The van der Waals surface area contributed by atoms with Crippen molar-refractivity contribution >= 4 is 22.6 Å². The molecule has 150 valence electrons. The van der Waals surface area contributed by atoms with E-state index < -0.39 is 0 Å². The lowest BCUT2D eigenvalue weighted by molar-refractivity contribution is 0.0991. The lowest BCUT2D eigenvalue weighted by atomic mass is 10.0. The Hall–Kier alpha value is -3.47. The lowest BCUT2D eigenvalue weighted by Gasteiger charge is -2.19. The minimum absolute atomic E-state index is 0.00508. The molecule has 0 bridgehead atoms. The molecule has 1 amide bonds. The zero-order valence-electron chi connectivity index (χ0n) is 17.5. The molecule has 0 N–H and O–H groups in total. The van der Waals surface area contributed by atoms with Crippen LogP contribution in [0.25, 0.3) is 22.3 Å². The van der Waals surface area contributed by atoms with Gasteiger partial charge in [-0.3, -0.25) is 4.79 Å². The summed E-state index contributed by atoms with van der Waals surface area (Å²) in [6, 6.07) is 18.4. The average molecular weight is 396 g/mol. The molecule has 1 aliphatic heterocycles. The van der Waals surface area contributed by atoms with Crippen molar-refractivity contribution < 1.29 is 4.79 Å². The molecule has 0 saturated heterocycles. The van der Waals surface area contributed by atoms with Gasteiger partial charge in [0, 0.05) is 23.8 Å². The molecule has 0 unspecified atom stereocenters. The normalized spacial score (nSPS) is 13.3. The SMILES string of the molecule is Cc1ccccc1-c1cc(C(=O)N2CCc3ccccc32)c2cnn(C(C)C)c2n1. The number of hydrogen-bond donors (Lipinski definition) is 0. The van der Waals surface area contributed by atoms with E-state index in [9.17, 15) is 4.79 Å². The number of nitrogens with zero attached hydrogens (tertiary/aromatic N) is 4. The second-order valence-corrected chi connectivity index (χ2v) is 8.13. The molecule has 0 aliphatic carbocycles. The molecular weight excluding hydrogens is 372 g/mol. The van der Waals surface area contributed by atoms with E-state index in [1.165, 1.54) is 5.56 Å². The number of rotatable bonds is 3. The highest BCUT2D eigenvalue weighted by Crippen LogP contribution is 2.33. The van der Waals surface area contributed by atoms with Crippen molar-refractivity contribution in [3.63, 3.8) is 0 Å². The smallest absolute Gasteiger partial charge is 0.259 e. The van der Waals surface area contributed by atoms with Crippen molar-refractivity contribution in [2.45, 2.75) is 33.2 Å². The summed E-state index contributed by atoms with van der Waals surface area (Å²) in [4.78, 5) is 20.6. The van der Waals surface area contributed by atoms with Crippen LogP contribution in [-0.4, -0.2) is 27.2 Å². The monoisotopic (exact) mass is 396 g/mol. The molecule has 5 rings (SSSR count). The third kappa shape index (κ3) is 2.89. The number of para-hydroxylation sites is 1. The Morgan fingerprint density at radius 3 is 2.63 bits per heavy atom. The largest absolute Gasteiger partial charge is 0.308 e. The second-order valence-electron chi connectivity index (χ2n) is 8.13. The molecule has 0 fully saturated rings. The van der Waals surface area contributed by atoms with Crippen molar-refractivity contribution in [3.8, 4) is 11.3 Å². The first-order chi connectivity index (χ1) is 14.5. The van der Waals surface area contributed by atoms with Gasteiger partial charge in [0.25, 0.3) is 5.91 Å². The first-order valence-corrected chi connectivity index (χ1v) is 10.4. The Morgan fingerprint density at radius 1 is 1.07 bits per heavy atom. The molecule has 0 saturated carbocycles. The number of hydrogen-bond acceptors (Lipinski definition) is 3. The summed E-state index contributed by atoms with van der Waals surface area (Å²) in [5.41, 5.74) is 6.59. The van der Waals surface area contributed by atoms with Gasteiger partial charge in [-0.05, 0) is 50.5 Å². The first kappa shape index (κ1) is 18.6. The highest BCUT2D eigenvalue weighted by atomic mass is 16.2. The third-order valence-electron chi connectivity index (χ3n) is 5.84. The number of aryl methyl sites for hydroxylation is 1. The Labute approximate surface area is 176 Å². The standard InChI is InChI=1S/C25H24N4O/c1-16(2)29-24-21(15-26-29)20(14-22(27-24)19-10-6-4-8-17(19)3)25(30)28-13-12-18-9-5-7-11-23(18)28/h4-11,14-16H,12-13H2,1-3H3. The van der Waals surface area contributed by atoms with Crippen LogP contribution in [-0.2, 0) is 6.42 Å². The van der Waals surface area contributed by atoms with Gasteiger partial charge in [-0.1, -0.05) is 42.5 Å². The van der Waals surface area contributed by atoms with Gasteiger partial charge in [0.05, 0.1) is 22.8 Å². The van der Waals surface area contributed by atoms with Crippen molar-refractivity contribution in [2.24, 2.45) is 0 Å². The molecule has 5 heteroatoms. The predicted octanol–water partition coefficient (Wildman–Crippen LogP) is 5.19. The Balaban J connectivity index is 1.71. The fourth-order valence-corrected chi connectivity index (χ4v) is 4.27. The number of anilines is 1. The maximum atomic E-state index is 13.7. The fourth-order valence-electron chi connectivity index (χ4n) is 4.27. The second kappa shape index (κ2) is 7.10. The zero-order chi connectivity index (χ0) is 20.8. The van der Waals surface area contributed by atoms with Crippen LogP contribution in [0, 0.1) is 6.92 Å². The topological polar surface area (TPSA) is 51.0 Å². The van der Waals surface area contributed by atoms with Gasteiger partial charge in [0.15, 0.2) is 5.65 Å². The van der Waals surface area contributed by atoms with E-state index in [2.05, 4.69) is 44.1 Å². The van der Waals surface area contributed by atoms with Crippen LogP contribution >= 0.6 is 0 Å². The Morgan fingerprint density at radius 2 is 1.83 bits per heavy atom. The van der Waals surface area contributed by atoms with Crippen LogP contribution in [0.3, 0.4) is 0 Å². The van der Waals surface area contributed by atoms with Crippen LogP contribution in [0.1, 0.15) is 41.4 Å². The van der Waals surface area contributed by atoms with Gasteiger partial charge >= 0.3 is 0 Å². The van der Waals surface area contributed by atoms with Crippen LogP contribution in [0.5, 0.6) is 0 Å². The summed E-state index contributed by atoms with van der Waals surface area (Å²) in [5, 5.41) is 5.35.